The fraction of sp³-hybridized carbons (Fsp3) is 0. The quantitative estimate of drug-likeness (QED) is 0.176. The molecule has 0 aliphatic rings. The molecule has 0 atom stereocenters. The predicted octanol–water partition coefficient (Wildman–Crippen LogP) is 12.3. The monoisotopic (exact) mass is 662 g/mol. The highest BCUT2D eigenvalue weighted by Gasteiger charge is 2.17. The van der Waals surface area contributed by atoms with E-state index < -0.39 is 0 Å². The second kappa shape index (κ2) is 11.2. The fourth-order valence-electron chi connectivity index (χ4n) is 8.12. The lowest BCUT2D eigenvalue weighted by Gasteiger charge is -2.12. The molecule has 0 amide bonds. The van der Waals surface area contributed by atoms with Gasteiger partial charge in [0, 0.05) is 45.2 Å². The Morgan fingerprint density at radius 3 is 1.71 bits per heavy atom. The molecule has 4 heteroatoms. The van der Waals surface area contributed by atoms with Gasteiger partial charge in [0.15, 0.2) is 0 Å². The maximum atomic E-state index is 5.11. The maximum Gasteiger partial charge on any atom is 0.137 e. The normalized spacial score (nSPS) is 11.8. The molecule has 11 aromatic rings. The number of para-hydroxylation sites is 2. The van der Waals surface area contributed by atoms with Crippen LogP contribution in [0.5, 0.6) is 0 Å². The molecule has 0 bridgehead atoms. The van der Waals surface area contributed by atoms with Crippen LogP contribution in [0, 0.1) is 0 Å². The van der Waals surface area contributed by atoms with Crippen LogP contribution in [0.2, 0.25) is 0 Å². The minimum atomic E-state index is 0.947. The van der Waals surface area contributed by atoms with Gasteiger partial charge in [0.1, 0.15) is 5.65 Å². The number of nitrogens with zero attached hydrogens (tertiary/aromatic N) is 4. The topological polar surface area (TPSA) is 35.1 Å². The lowest BCUT2D eigenvalue weighted by molar-refractivity contribution is 1.18. The summed E-state index contributed by atoms with van der Waals surface area (Å²) in [5.74, 6) is 0. The third-order valence-corrected chi connectivity index (χ3v) is 10.6. The number of imidazole rings is 1. The van der Waals surface area contributed by atoms with Crippen molar-refractivity contribution in [3.63, 3.8) is 0 Å². The van der Waals surface area contributed by atoms with Gasteiger partial charge in [-0.2, -0.15) is 0 Å². The molecule has 0 unspecified atom stereocenters. The number of rotatable bonds is 4. The lowest BCUT2D eigenvalue weighted by atomic mass is 9.93. The van der Waals surface area contributed by atoms with E-state index in [2.05, 4.69) is 172 Å². The number of pyridine rings is 2. The lowest BCUT2D eigenvalue weighted by Crippen LogP contribution is -1.93. The molecule has 0 aliphatic heterocycles. The van der Waals surface area contributed by atoms with Gasteiger partial charge < -0.3 is 4.57 Å². The smallest absolute Gasteiger partial charge is 0.137 e. The van der Waals surface area contributed by atoms with E-state index in [-0.39, 0.29) is 0 Å². The first-order valence-corrected chi connectivity index (χ1v) is 17.7. The van der Waals surface area contributed by atoms with Crippen LogP contribution in [0.15, 0.2) is 182 Å². The highest BCUT2D eigenvalue weighted by Crippen LogP contribution is 2.39. The van der Waals surface area contributed by atoms with Gasteiger partial charge in [-0.05, 0) is 93.7 Å². The summed E-state index contributed by atoms with van der Waals surface area (Å²) in [4.78, 5) is 9.76. The van der Waals surface area contributed by atoms with Crippen LogP contribution in [-0.4, -0.2) is 18.9 Å². The Labute approximate surface area is 299 Å². The molecule has 0 saturated heterocycles. The van der Waals surface area contributed by atoms with Gasteiger partial charge in [-0.25, -0.2) is 4.98 Å². The fourth-order valence-corrected chi connectivity index (χ4v) is 8.12. The summed E-state index contributed by atoms with van der Waals surface area (Å²) in [5, 5.41) is 7.25. The van der Waals surface area contributed by atoms with Gasteiger partial charge in [-0.3, -0.25) is 9.38 Å². The number of hydrogen-bond acceptors (Lipinski definition) is 2. The Balaban J connectivity index is 1.01. The van der Waals surface area contributed by atoms with Gasteiger partial charge in [0.25, 0.3) is 0 Å². The Bertz CT molecular complexity index is 3100. The first kappa shape index (κ1) is 28.8. The molecule has 0 radical (unpaired) electrons. The SMILES string of the molecule is c1ccc(-c2ccc3c(c2)c2cc(-c4ccc(-c5ccc(-n6c7ccccc7c7ccccc76)cc5)cc4)ccc2c2c3nc3ccccn32)nc1. The van der Waals surface area contributed by atoms with Gasteiger partial charge >= 0.3 is 0 Å². The van der Waals surface area contributed by atoms with E-state index in [9.17, 15) is 0 Å². The van der Waals surface area contributed by atoms with E-state index >= 15 is 0 Å². The molecular formula is C48H30N4. The third kappa shape index (κ3) is 4.34. The van der Waals surface area contributed by atoms with E-state index in [4.69, 9.17) is 4.98 Å². The van der Waals surface area contributed by atoms with Gasteiger partial charge in [0.05, 0.1) is 27.8 Å². The molecule has 0 aliphatic carbocycles. The zero-order valence-corrected chi connectivity index (χ0v) is 28.1. The summed E-state index contributed by atoms with van der Waals surface area (Å²) in [6.45, 7) is 0. The first-order valence-electron chi connectivity index (χ1n) is 17.7. The average Bonchev–Trinajstić information content (AvgIpc) is 3.78. The third-order valence-electron chi connectivity index (χ3n) is 10.6. The van der Waals surface area contributed by atoms with Crippen molar-refractivity contribution in [2.24, 2.45) is 0 Å². The van der Waals surface area contributed by atoms with Crippen molar-refractivity contribution >= 4 is 60.0 Å². The minimum absolute atomic E-state index is 0.947. The van der Waals surface area contributed by atoms with Crippen molar-refractivity contribution < 1.29 is 0 Å². The zero-order chi connectivity index (χ0) is 34.2. The largest absolute Gasteiger partial charge is 0.309 e. The molecule has 242 valence electrons. The summed E-state index contributed by atoms with van der Waals surface area (Å²) in [5.41, 5.74) is 13.5. The van der Waals surface area contributed by atoms with Crippen molar-refractivity contribution in [1.82, 2.24) is 18.9 Å². The molecule has 0 N–H and O–H groups in total. The Morgan fingerprint density at radius 2 is 0.981 bits per heavy atom. The number of aromatic nitrogens is 4. The van der Waals surface area contributed by atoms with Gasteiger partial charge in [0.2, 0.25) is 0 Å². The van der Waals surface area contributed by atoms with Crippen molar-refractivity contribution in [2.45, 2.75) is 0 Å². The average molecular weight is 663 g/mol. The molecule has 4 aromatic heterocycles. The van der Waals surface area contributed by atoms with Crippen LogP contribution < -0.4 is 0 Å². The number of benzene rings is 7. The summed E-state index contributed by atoms with van der Waals surface area (Å²) in [6.07, 6.45) is 3.96. The molecule has 0 saturated carbocycles. The first-order chi connectivity index (χ1) is 25.8. The maximum absolute atomic E-state index is 5.11. The molecule has 0 spiro atoms. The summed E-state index contributed by atoms with van der Waals surface area (Å²) >= 11 is 0. The number of fused-ring (bicyclic) bond motifs is 11. The molecule has 4 nitrogen and oxygen atoms in total. The van der Waals surface area contributed by atoms with Gasteiger partial charge in [-0.1, -0.05) is 109 Å². The van der Waals surface area contributed by atoms with E-state index in [1.54, 1.807) is 0 Å². The Morgan fingerprint density at radius 1 is 0.404 bits per heavy atom. The molecule has 7 aromatic carbocycles. The van der Waals surface area contributed by atoms with Crippen LogP contribution in [0.3, 0.4) is 0 Å². The van der Waals surface area contributed by atoms with Crippen molar-refractivity contribution in [3.8, 4) is 39.2 Å². The van der Waals surface area contributed by atoms with Crippen LogP contribution in [0.25, 0.3) is 99.2 Å². The van der Waals surface area contributed by atoms with Crippen LogP contribution in [0.4, 0.5) is 0 Å². The van der Waals surface area contributed by atoms with Gasteiger partial charge in [-0.15, -0.1) is 0 Å². The molecule has 11 rings (SSSR count). The predicted molar refractivity (Wildman–Crippen MR) is 216 cm³/mol. The van der Waals surface area contributed by atoms with E-state index in [1.807, 2.05) is 24.4 Å². The summed E-state index contributed by atoms with van der Waals surface area (Å²) < 4.78 is 4.58. The van der Waals surface area contributed by atoms with Crippen molar-refractivity contribution in [1.29, 1.82) is 0 Å². The van der Waals surface area contributed by atoms with E-state index in [0.29, 0.717) is 0 Å². The second-order valence-electron chi connectivity index (χ2n) is 13.5. The standard InChI is InChI=1S/C48H30N4/c1-3-12-44-37(9-1)38-10-2-4-13-45(38)52(44)36-23-19-32(20-24-36)31-15-17-33(18-16-31)34-21-26-40-42(29-34)41-30-35(43-11-5-7-27-49-43)22-25-39(41)47-48(40)51-28-8-6-14-46(51)50-47/h1-30H. The van der Waals surface area contributed by atoms with Crippen LogP contribution in [-0.2, 0) is 0 Å². The molecule has 4 heterocycles. The van der Waals surface area contributed by atoms with Crippen LogP contribution in [0.1, 0.15) is 0 Å². The van der Waals surface area contributed by atoms with Crippen LogP contribution >= 0.6 is 0 Å². The Kier molecular flexibility index (Phi) is 6.22. The number of hydrogen-bond donors (Lipinski definition) is 0. The highest BCUT2D eigenvalue weighted by atomic mass is 15.0. The van der Waals surface area contributed by atoms with Crippen molar-refractivity contribution in [2.75, 3.05) is 0 Å². The summed E-state index contributed by atoms with van der Waals surface area (Å²) in [7, 11) is 0. The highest BCUT2D eigenvalue weighted by molar-refractivity contribution is 6.25. The minimum Gasteiger partial charge on any atom is -0.309 e. The molecule has 0 fully saturated rings. The summed E-state index contributed by atoms with van der Waals surface area (Å²) in [6, 6.07) is 61.0. The molecular weight excluding hydrogens is 633 g/mol. The Hall–Kier alpha value is -7.04. The van der Waals surface area contributed by atoms with Crippen molar-refractivity contribution in [3.05, 3.63) is 182 Å². The van der Waals surface area contributed by atoms with E-state index in [1.165, 1.54) is 60.2 Å². The zero-order valence-electron chi connectivity index (χ0n) is 28.1. The van der Waals surface area contributed by atoms with E-state index in [0.717, 1.165) is 39.0 Å². The molecule has 52 heavy (non-hydrogen) atoms. The second-order valence-corrected chi connectivity index (χ2v) is 13.5.